The van der Waals surface area contributed by atoms with Gasteiger partial charge in [0.1, 0.15) is 0 Å². The lowest BCUT2D eigenvalue weighted by molar-refractivity contribution is -0.149. The lowest BCUT2D eigenvalue weighted by atomic mass is 10.0. The predicted molar refractivity (Wildman–Crippen MR) is 83.9 cm³/mol. The summed E-state index contributed by atoms with van der Waals surface area (Å²) in [6, 6.07) is 12.1. The number of pyridine rings is 1. The molecule has 0 radical (unpaired) electrons. The van der Waals surface area contributed by atoms with Crippen LogP contribution in [0, 0.1) is 5.92 Å². The Morgan fingerprint density at radius 2 is 1.87 bits per heavy atom. The number of ether oxygens (including phenoxy) is 1. The van der Waals surface area contributed by atoms with Crippen molar-refractivity contribution in [3.05, 3.63) is 48.7 Å². The minimum absolute atomic E-state index is 0.164. The Morgan fingerprint density at radius 1 is 1.17 bits per heavy atom. The molecule has 0 spiro atoms. The van der Waals surface area contributed by atoms with Gasteiger partial charge in [0, 0.05) is 24.8 Å². The zero-order valence-corrected chi connectivity index (χ0v) is 13.4. The Balaban J connectivity index is 1.76. The van der Waals surface area contributed by atoms with E-state index in [4.69, 9.17) is 0 Å². The molecule has 1 aromatic carbocycles. The minimum atomic E-state index is -3.57. The third-order valence-corrected chi connectivity index (χ3v) is 5.68. The highest BCUT2D eigenvalue weighted by Crippen LogP contribution is 2.27. The third-order valence-electron chi connectivity index (χ3n) is 3.84. The number of methoxy groups -OCH3 is 1. The van der Waals surface area contributed by atoms with Gasteiger partial charge in [-0.1, -0.05) is 18.2 Å². The molecular weight excluding hydrogens is 316 g/mol. The highest BCUT2D eigenvalue weighted by atomic mass is 32.2. The van der Waals surface area contributed by atoms with Crippen molar-refractivity contribution in [1.29, 1.82) is 0 Å². The third kappa shape index (κ3) is 2.97. The number of carbonyl (C=O) groups excluding carboxylic acids is 1. The molecule has 0 bridgehead atoms. The highest BCUT2D eigenvalue weighted by Gasteiger charge is 2.41. The molecule has 1 saturated heterocycles. The number of benzene rings is 1. The number of hydrogen-bond acceptors (Lipinski definition) is 5. The van der Waals surface area contributed by atoms with Gasteiger partial charge in [-0.25, -0.2) is 8.42 Å². The average molecular weight is 332 g/mol. The number of aromatic nitrogens is 1. The summed E-state index contributed by atoms with van der Waals surface area (Å²) in [7, 11) is -2.27. The molecule has 6 nitrogen and oxygen atoms in total. The van der Waals surface area contributed by atoms with Gasteiger partial charge < -0.3 is 4.74 Å². The van der Waals surface area contributed by atoms with E-state index in [0.29, 0.717) is 0 Å². The molecule has 23 heavy (non-hydrogen) atoms. The monoisotopic (exact) mass is 332 g/mol. The standard InChI is InChI=1S/C16H16N2O4S/c1-22-16(19)13-10-18(11-13)23(20,21)14-7-5-12(6-8-14)15-4-2-3-9-17-15/h2-9,13H,10-11H2,1H3. The molecule has 0 saturated carbocycles. The molecule has 1 fully saturated rings. The maximum atomic E-state index is 12.5. The summed E-state index contributed by atoms with van der Waals surface area (Å²) in [5, 5.41) is 0. The number of esters is 1. The van der Waals surface area contributed by atoms with Crippen LogP contribution in [-0.4, -0.2) is 43.9 Å². The smallest absolute Gasteiger partial charge is 0.311 e. The number of hydrogen-bond donors (Lipinski definition) is 0. The van der Waals surface area contributed by atoms with E-state index in [0.717, 1.165) is 11.3 Å². The molecule has 2 heterocycles. The Morgan fingerprint density at radius 3 is 2.43 bits per heavy atom. The van der Waals surface area contributed by atoms with Crippen molar-refractivity contribution < 1.29 is 17.9 Å². The molecular formula is C16H16N2O4S. The van der Waals surface area contributed by atoms with Crippen LogP contribution in [0.2, 0.25) is 0 Å². The van der Waals surface area contributed by atoms with Crippen LogP contribution in [0.5, 0.6) is 0 Å². The first-order valence-corrected chi connectivity index (χ1v) is 8.56. The van der Waals surface area contributed by atoms with Gasteiger partial charge in [-0.3, -0.25) is 9.78 Å². The van der Waals surface area contributed by atoms with Crippen LogP contribution in [0.1, 0.15) is 0 Å². The second-order valence-corrected chi connectivity index (χ2v) is 7.22. The van der Waals surface area contributed by atoms with E-state index in [1.807, 2.05) is 18.2 Å². The van der Waals surface area contributed by atoms with Crippen LogP contribution in [0.15, 0.2) is 53.6 Å². The van der Waals surface area contributed by atoms with Gasteiger partial charge in [0.15, 0.2) is 0 Å². The van der Waals surface area contributed by atoms with Gasteiger partial charge in [0.2, 0.25) is 10.0 Å². The molecule has 7 heteroatoms. The molecule has 2 aromatic rings. The van der Waals surface area contributed by atoms with Gasteiger partial charge in [-0.2, -0.15) is 4.31 Å². The van der Waals surface area contributed by atoms with E-state index in [1.54, 1.807) is 30.5 Å². The first-order chi connectivity index (χ1) is 11.0. The summed E-state index contributed by atoms with van der Waals surface area (Å²) in [5.41, 5.74) is 1.63. The Labute approximate surface area is 134 Å². The zero-order valence-electron chi connectivity index (χ0n) is 12.5. The summed E-state index contributed by atoms with van der Waals surface area (Å²) in [5.74, 6) is -0.746. The molecule has 0 amide bonds. The molecule has 3 rings (SSSR count). The fourth-order valence-corrected chi connectivity index (χ4v) is 3.96. The Bertz CT molecular complexity index is 798. The minimum Gasteiger partial charge on any atom is -0.469 e. The van der Waals surface area contributed by atoms with Crippen molar-refractivity contribution in [2.24, 2.45) is 5.92 Å². The molecule has 0 N–H and O–H groups in total. The van der Waals surface area contributed by atoms with Gasteiger partial charge in [-0.15, -0.1) is 0 Å². The van der Waals surface area contributed by atoms with Gasteiger partial charge >= 0.3 is 5.97 Å². The van der Waals surface area contributed by atoms with Gasteiger partial charge in [0.05, 0.1) is 23.6 Å². The summed E-state index contributed by atoms with van der Waals surface area (Å²) >= 11 is 0. The summed E-state index contributed by atoms with van der Waals surface area (Å²) in [4.78, 5) is 15.8. The molecule has 0 aliphatic carbocycles. The van der Waals surface area contributed by atoms with E-state index in [-0.39, 0.29) is 29.9 Å². The van der Waals surface area contributed by atoms with Crippen LogP contribution in [0.3, 0.4) is 0 Å². The maximum absolute atomic E-state index is 12.5. The fourth-order valence-electron chi connectivity index (χ4n) is 2.43. The molecule has 1 aromatic heterocycles. The number of nitrogens with zero attached hydrogens (tertiary/aromatic N) is 2. The summed E-state index contributed by atoms with van der Waals surface area (Å²) in [6.07, 6.45) is 1.69. The van der Waals surface area contributed by atoms with Crippen LogP contribution in [-0.2, 0) is 19.6 Å². The van der Waals surface area contributed by atoms with E-state index >= 15 is 0 Å². The van der Waals surface area contributed by atoms with E-state index in [1.165, 1.54) is 11.4 Å². The lowest BCUT2D eigenvalue weighted by Crippen LogP contribution is -2.53. The SMILES string of the molecule is COC(=O)C1CN(S(=O)(=O)c2ccc(-c3ccccn3)cc2)C1. The molecule has 0 atom stereocenters. The van der Waals surface area contributed by atoms with Crippen molar-refractivity contribution in [1.82, 2.24) is 9.29 Å². The van der Waals surface area contributed by atoms with Crippen LogP contribution < -0.4 is 0 Å². The zero-order chi connectivity index (χ0) is 16.4. The largest absolute Gasteiger partial charge is 0.469 e. The highest BCUT2D eigenvalue weighted by molar-refractivity contribution is 7.89. The quantitative estimate of drug-likeness (QED) is 0.794. The van der Waals surface area contributed by atoms with Crippen LogP contribution >= 0.6 is 0 Å². The summed E-state index contributed by atoms with van der Waals surface area (Å²) in [6.45, 7) is 0.327. The Hall–Kier alpha value is -2.25. The van der Waals surface area contributed by atoms with Crippen molar-refractivity contribution in [2.45, 2.75) is 4.90 Å². The average Bonchev–Trinajstić information content (AvgIpc) is 2.54. The van der Waals surface area contributed by atoms with Crippen LogP contribution in [0.25, 0.3) is 11.3 Å². The van der Waals surface area contributed by atoms with E-state index in [9.17, 15) is 13.2 Å². The van der Waals surface area contributed by atoms with Gasteiger partial charge in [-0.05, 0) is 24.3 Å². The number of sulfonamides is 1. The molecule has 1 aliphatic rings. The lowest BCUT2D eigenvalue weighted by Gasteiger charge is -2.36. The van der Waals surface area contributed by atoms with Crippen LogP contribution in [0.4, 0.5) is 0 Å². The number of rotatable bonds is 4. The van der Waals surface area contributed by atoms with Crippen molar-refractivity contribution >= 4 is 16.0 Å². The van der Waals surface area contributed by atoms with E-state index in [2.05, 4.69) is 9.72 Å². The van der Waals surface area contributed by atoms with E-state index < -0.39 is 10.0 Å². The molecule has 1 aliphatic heterocycles. The summed E-state index contributed by atoms with van der Waals surface area (Å²) < 4.78 is 30.9. The Kier molecular flexibility index (Phi) is 4.14. The first kappa shape index (κ1) is 15.6. The fraction of sp³-hybridized carbons (Fsp3) is 0.250. The molecule has 0 unspecified atom stereocenters. The van der Waals surface area contributed by atoms with Crippen molar-refractivity contribution in [2.75, 3.05) is 20.2 Å². The first-order valence-electron chi connectivity index (χ1n) is 7.12. The van der Waals surface area contributed by atoms with Crippen molar-refractivity contribution in [3.8, 4) is 11.3 Å². The second kappa shape index (κ2) is 6.10. The maximum Gasteiger partial charge on any atom is 0.311 e. The van der Waals surface area contributed by atoms with Gasteiger partial charge in [0.25, 0.3) is 0 Å². The molecule has 120 valence electrons. The second-order valence-electron chi connectivity index (χ2n) is 5.28. The topological polar surface area (TPSA) is 76.6 Å². The normalized spacial score (nSPS) is 15.9. The number of carbonyl (C=O) groups is 1. The van der Waals surface area contributed by atoms with Crippen molar-refractivity contribution in [3.63, 3.8) is 0 Å². The predicted octanol–water partition coefficient (Wildman–Crippen LogP) is 1.54.